The van der Waals surface area contributed by atoms with Crippen molar-refractivity contribution < 1.29 is 13.2 Å². The SMILES string of the molecule is CNCCc1cc(OC)ccc1S(=O)(=O)Nc1nncs1. The third-order valence-electron chi connectivity index (χ3n) is 2.78. The molecule has 0 spiro atoms. The van der Waals surface area contributed by atoms with Crippen molar-refractivity contribution in [3.05, 3.63) is 29.3 Å². The molecule has 0 saturated carbocycles. The molecule has 0 bridgehead atoms. The number of hydrogen-bond acceptors (Lipinski definition) is 7. The highest BCUT2D eigenvalue weighted by molar-refractivity contribution is 7.93. The molecule has 0 fully saturated rings. The highest BCUT2D eigenvalue weighted by Crippen LogP contribution is 2.24. The van der Waals surface area contributed by atoms with E-state index < -0.39 is 10.0 Å². The predicted octanol–water partition coefficient (Wildman–Crippen LogP) is 1.11. The molecule has 21 heavy (non-hydrogen) atoms. The highest BCUT2D eigenvalue weighted by atomic mass is 32.2. The summed E-state index contributed by atoms with van der Waals surface area (Å²) in [6, 6.07) is 4.89. The predicted molar refractivity (Wildman–Crippen MR) is 81.3 cm³/mol. The molecule has 2 N–H and O–H groups in total. The Balaban J connectivity index is 2.36. The van der Waals surface area contributed by atoms with E-state index in [4.69, 9.17) is 4.74 Å². The number of ether oxygens (including phenoxy) is 1. The molecule has 0 radical (unpaired) electrons. The molecule has 7 nitrogen and oxygen atoms in total. The number of rotatable bonds is 7. The van der Waals surface area contributed by atoms with E-state index in [2.05, 4.69) is 20.2 Å². The molecule has 1 aromatic heterocycles. The summed E-state index contributed by atoms with van der Waals surface area (Å²) in [4.78, 5) is 0.216. The number of sulfonamides is 1. The van der Waals surface area contributed by atoms with Crippen molar-refractivity contribution in [3.8, 4) is 5.75 Å². The molecule has 0 aliphatic heterocycles. The van der Waals surface area contributed by atoms with Crippen LogP contribution in [0.25, 0.3) is 0 Å². The largest absolute Gasteiger partial charge is 0.497 e. The van der Waals surface area contributed by atoms with Crippen LogP contribution in [0.1, 0.15) is 5.56 Å². The summed E-state index contributed by atoms with van der Waals surface area (Å²) >= 11 is 1.13. The van der Waals surface area contributed by atoms with Gasteiger partial charge in [-0.05, 0) is 43.8 Å². The topological polar surface area (TPSA) is 93.2 Å². The third kappa shape index (κ3) is 3.90. The van der Waals surface area contributed by atoms with Crippen LogP contribution in [0, 0.1) is 0 Å². The number of benzene rings is 1. The van der Waals surface area contributed by atoms with Gasteiger partial charge in [0.25, 0.3) is 10.0 Å². The number of likely N-dealkylation sites (N-methyl/N-ethyl adjacent to an activating group) is 1. The summed E-state index contributed by atoms with van der Waals surface area (Å²) in [5.41, 5.74) is 2.15. The summed E-state index contributed by atoms with van der Waals surface area (Å²) in [7, 11) is -0.335. The van der Waals surface area contributed by atoms with Crippen LogP contribution in [-0.4, -0.2) is 39.3 Å². The van der Waals surface area contributed by atoms with E-state index in [0.29, 0.717) is 24.3 Å². The molecule has 9 heteroatoms. The fourth-order valence-corrected chi connectivity index (χ4v) is 3.73. The number of anilines is 1. The highest BCUT2D eigenvalue weighted by Gasteiger charge is 2.20. The number of hydrogen-bond donors (Lipinski definition) is 2. The van der Waals surface area contributed by atoms with Crippen LogP contribution in [0.4, 0.5) is 5.13 Å². The van der Waals surface area contributed by atoms with Gasteiger partial charge in [-0.2, -0.15) is 0 Å². The Hall–Kier alpha value is -1.71. The van der Waals surface area contributed by atoms with Crippen molar-refractivity contribution in [1.29, 1.82) is 0 Å². The van der Waals surface area contributed by atoms with Gasteiger partial charge in [0.1, 0.15) is 11.3 Å². The number of aromatic nitrogens is 2. The van der Waals surface area contributed by atoms with Crippen LogP contribution < -0.4 is 14.8 Å². The van der Waals surface area contributed by atoms with Gasteiger partial charge in [0.05, 0.1) is 12.0 Å². The van der Waals surface area contributed by atoms with Crippen molar-refractivity contribution in [2.45, 2.75) is 11.3 Å². The standard InChI is InChI=1S/C12H16N4O3S2/c1-13-6-5-9-7-10(19-2)3-4-11(9)21(17,18)16-12-15-14-8-20-12/h3-4,7-8,13H,5-6H2,1-2H3,(H,15,16). The number of nitrogens with zero attached hydrogens (tertiary/aromatic N) is 2. The molecule has 0 saturated heterocycles. The van der Waals surface area contributed by atoms with Crippen molar-refractivity contribution in [2.24, 2.45) is 0 Å². The Labute approximate surface area is 127 Å². The lowest BCUT2D eigenvalue weighted by atomic mass is 10.1. The Morgan fingerprint density at radius 1 is 1.38 bits per heavy atom. The Bertz CT molecular complexity index is 687. The molecular weight excluding hydrogens is 312 g/mol. The molecule has 1 heterocycles. The van der Waals surface area contributed by atoms with Crippen LogP contribution in [0.5, 0.6) is 5.75 Å². The fraction of sp³-hybridized carbons (Fsp3) is 0.333. The lowest BCUT2D eigenvalue weighted by Crippen LogP contribution is -2.17. The number of methoxy groups -OCH3 is 1. The Kier molecular flexibility index (Phi) is 5.10. The van der Waals surface area contributed by atoms with Gasteiger partial charge in [-0.15, -0.1) is 10.2 Å². The van der Waals surface area contributed by atoms with E-state index >= 15 is 0 Å². The van der Waals surface area contributed by atoms with Crippen molar-refractivity contribution >= 4 is 26.5 Å². The Morgan fingerprint density at radius 3 is 2.81 bits per heavy atom. The monoisotopic (exact) mass is 328 g/mol. The van der Waals surface area contributed by atoms with Gasteiger partial charge in [0, 0.05) is 0 Å². The second kappa shape index (κ2) is 6.83. The molecule has 2 aromatic rings. The second-order valence-corrected chi connectivity index (χ2v) is 6.66. The minimum atomic E-state index is -3.69. The molecule has 2 rings (SSSR count). The molecule has 0 aliphatic carbocycles. The molecule has 0 amide bonds. The van der Waals surface area contributed by atoms with Gasteiger partial charge < -0.3 is 10.1 Å². The maximum absolute atomic E-state index is 12.4. The fourth-order valence-electron chi connectivity index (χ4n) is 1.79. The van der Waals surface area contributed by atoms with E-state index in [1.807, 2.05) is 7.05 Å². The quantitative estimate of drug-likeness (QED) is 0.791. The van der Waals surface area contributed by atoms with E-state index in [0.717, 1.165) is 11.3 Å². The second-order valence-electron chi connectivity index (χ2n) is 4.18. The van der Waals surface area contributed by atoms with E-state index in [9.17, 15) is 8.42 Å². The van der Waals surface area contributed by atoms with Gasteiger partial charge >= 0.3 is 0 Å². The molecule has 0 unspecified atom stereocenters. The minimum absolute atomic E-state index is 0.216. The zero-order valence-corrected chi connectivity index (χ0v) is 13.3. The summed E-state index contributed by atoms with van der Waals surface area (Å²) in [6.45, 7) is 0.661. The van der Waals surface area contributed by atoms with Gasteiger partial charge in [-0.3, -0.25) is 4.72 Å². The first-order valence-corrected chi connectivity index (χ1v) is 8.53. The van der Waals surface area contributed by atoms with Gasteiger partial charge in [-0.1, -0.05) is 11.3 Å². The van der Waals surface area contributed by atoms with Crippen molar-refractivity contribution in [2.75, 3.05) is 25.4 Å². The van der Waals surface area contributed by atoms with E-state index in [-0.39, 0.29) is 10.0 Å². The summed E-state index contributed by atoms with van der Waals surface area (Å²) in [6.07, 6.45) is 0.570. The van der Waals surface area contributed by atoms with E-state index in [1.54, 1.807) is 19.2 Å². The molecule has 114 valence electrons. The zero-order valence-electron chi connectivity index (χ0n) is 11.7. The third-order valence-corrected chi connectivity index (χ3v) is 4.96. The first-order chi connectivity index (χ1) is 10.1. The minimum Gasteiger partial charge on any atom is -0.497 e. The first-order valence-electron chi connectivity index (χ1n) is 6.17. The molecule has 0 aliphatic rings. The zero-order chi connectivity index (χ0) is 15.3. The van der Waals surface area contributed by atoms with Crippen LogP contribution in [0.2, 0.25) is 0 Å². The summed E-state index contributed by atoms with van der Waals surface area (Å²) in [5.74, 6) is 0.621. The average molecular weight is 328 g/mol. The maximum atomic E-state index is 12.4. The van der Waals surface area contributed by atoms with Crippen molar-refractivity contribution in [1.82, 2.24) is 15.5 Å². The van der Waals surface area contributed by atoms with Crippen LogP contribution >= 0.6 is 11.3 Å². The van der Waals surface area contributed by atoms with Gasteiger partial charge in [-0.25, -0.2) is 8.42 Å². The smallest absolute Gasteiger partial charge is 0.263 e. The molecule has 0 atom stereocenters. The summed E-state index contributed by atoms with van der Waals surface area (Å²) < 4.78 is 32.5. The van der Waals surface area contributed by atoms with E-state index in [1.165, 1.54) is 11.6 Å². The average Bonchev–Trinajstić information content (AvgIpc) is 2.96. The first kappa shape index (κ1) is 15.7. The molecule has 1 aromatic carbocycles. The van der Waals surface area contributed by atoms with Crippen molar-refractivity contribution in [3.63, 3.8) is 0 Å². The van der Waals surface area contributed by atoms with Crippen LogP contribution in [-0.2, 0) is 16.4 Å². The normalized spacial score (nSPS) is 11.3. The lowest BCUT2D eigenvalue weighted by Gasteiger charge is -2.12. The number of nitrogens with one attached hydrogen (secondary N) is 2. The van der Waals surface area contributed by atoms with Crippen LogP contribution in [0.3, 0.4) is 0 Å². The maximum Gasteiger partial charge on any atom is 0.263 e. The Morgan fingerprint density at radius 2 is 2.19 bits per heavy atom. The van der Waals surface area contributed by atoms with Gasteiger partial charge in [0.2, 0.25) is 5.13 Å². The lowest BCUT2D eigenvalue weighted by molar-refractivity contribution is 0.413. The van der Waals surface area contributed by atoms with Gasteiger partial charge in [0.15, 0.2) is 0 Å². The molecular formula is C12H16N4O3S2. The van der Waals surface area contributed by atoms with Crippen LogP contribution in [0.15, 0.2) is 28.6 Å². The summed E-state index contributed by atoms with van der Waals surface area (Å²) in [5, 5.41) is 10.5.